The molecule has 3 heteroatoms. The van der Waals surface area contributed by atoms with Crippen LogP contribution in [0.25, 0.3) is 10.8 Å². The number of fused-ring (bicyclic) bond motifs is 1. The summed E-state index contributed by atoms with van der Waals surface area (Å²) in [7, 11) is 0. The van der Waals surface area contributed by atoms with E-state index in [0.717, 1.165) is 29.3 Å². The number of hydrogen-bond donors (Lipinski definition) is 2. The predicted octanol–water partition coefficient (Wildman–Crippen LogP) is 3.90. The zero-order valence-corrected chi connectivity index (χ0v) is 11.1. The van der Waals surface area contributed by atoms with Gasteiger partial charge in [0.2, 0.25) is 0 Å². The summed E-state index contributed by atoms with van der Waals surface area (Å²) in [6.45, 7) is 2.06. The average Bonchev–Trinajstić information content (AvgIpc) is 2.43. The minimum atomic E-state index is -0.790. The van der Waals surface area contributed by atoms with E-state index in [9.17, 15) is 9.90 Å². The van der Waals surface area contributed by atoms with Crippen molar-refractivity contribution in [2.45, 2.75) is 32.2 Å². The predicted molar refractivity (Wildman–Crippen MR) is 78.5 cm³/mol. The quantitative estimate of drug-likeness (QED) is 0.825. The van der Waals surface area contributed by atoms with Crippen molar-refractivity contribution < 1.29 is 9.90 Å². The standard InChI is InChI=1S/C16H19NO2/c1-2-3-8-15(16(18)19)17-14-10-9-12-6-4-5-7-13(12)11-14/h4-7,9-11,15,17H,2-3,8H2,1H3,(H,18,19). The molecule has 0 fully saturated rings. The van der Waals surface area contributed by atoms with Gasteiger partial charge >= 0.3 is 5.97 Å². The average molecular weight is 257 g/mol. The number of carboxylic acid groups (broad SMARTS) is 1. The molecule has 100 valence electrons. The normalized spacial score (nSPS) is 12.3. The Morgan fingerprint density at radius 1 is 1.21 bits per heavy atom. The van der Waals surface area contributed by atoms with E-state index >= 15 is 0 Å². The van der Waals surface area contributed by atoms with Crippen LogP contribution in [0.1, 0.15) is 26.2 Å². The van der Waals surface area contributed by atoms with Gasteiger partial charge in [0, 0.05) is 5.69 Å². The van der Waals surface area contributed by atoms with E-state index in [1.807, 2.05) is 42.5 Å². The summed E-state index contributed by atoms with van der Waals surface area (Å²) in [4.78, 5) is 11.2. The SMILES string of the molecule is CCCCC(Nc1ccc2ccccc2c1)C(=O)O. The topological polar surface area (TPSA) is 49.3 Å². The lowest BCUT2D eigenvalue weighted by Gasteiger charge is -2.15. The van der Waals surface area contributed by atoms with E-state index < -0.39 is 12.0 Å². The van der Waals surface area contributed by atoms with Gasteiger partial charge in [0.1, 0.15) is 6.04 Å². The third-order valence-corrected chi connectivity index (χ3v) is 3.23. The Hall–Kier alpha value is -2.03. The molecular weight excluding hydrogens is 238 g/mol. The van der Waals surface area contributed by atoms with Gasteiger partial charge in [-0.2, -0.15) is 0 Å². The molecule has 0 saturated heterocycles. The van der Waals surface area contributed by atoms with Crippen molar-refractivity contribution in [3.05, 3.63) is 42.5 Å². The van der Waals surface area contributed by atoms with Crippen LogP contribution in [0.3, 0.4) is 0 Å². The fourth-order valence-corrected chi connectivity index (χ4v) is 2.15. The molecule has 0 saturated carbocycles. The van der Waals surface area contributed by atoms with Crippen LogP contribution in [0.4, 0.5) is 5.69 Å². The fourth-order valence-electron chi connectivity index (χ4n) is 2.15. The molecule has 0 aliphatic heterocycles. The monoisotopic (exact) mass is 257 g/mol. The Kier molecular flexibility index (Phi) is 4.39. The lowest BCUT2D eigenvalue weighted by atomic mass is 10.1. The van der Waals surface area contributed by atoms with Crippen LogP contribution in [-0.2, 0) is 4.79 Å². The van der Waals surface area contributed by atoms with Crippen molar-refractivity contribution in [2.75, 3.05) is 5.32 Å². The van der Waals surface area contributed by atoms with Gasteiger partial charge in [0.15, 0.2) is 0 Å². The molecule has 2 rings (SSSR count). The maximum Gasteiger partial charge on any atom is 0.326 e. The summed E-state index contributed by atoms with van der Waals surface area (Å²) in [5, 5.41) is 14.6. The number of aliphatic carboxylic acids is 1. The lowest BCUT2D eigenvalue weighted by Crippen LogP contribution is -2.29. The molecule has 19 heavy (non-hydrogen) atoms. The highest BCUT2D eigenvalue weighted by Crippen LogP contribution is 2.20. The first-order valence-corrected chi connectivity index (χ1v) is 6.69. The maximum absolute atomic E-state index is 11.2. The molecule has 2 aromatic carbocycles. The molecular formula is C16H19NO2. The maximum atomic E-state index is 11.2. The molecule has 0 aliphatic carbocycles. The Morgan fingerprint density at radius 2 is 1.95 bits per heavy atom. The Bertz CT molecular complexity index is 565. The van der Waals surface area contributed by atoms with Gasteiger partial charge in [-0.3, -0.25) is 0 Å². The summed E-state index contributed by atoms with van der Waals surface area (Å²) in [5.74, 6) is -0.790. The van der Waals surface area contributed by atoms with E-state index in [1.54, 1.807) is 0 Å². The van der Waals surface area contributed by atoms with Gasteiger partial charge in [-0.05, 0) is 29.3 Å². The van der Waals surface area contributed by atoms with Crippen LogP contribution < -0.4 is 5.32 Å². The second-order valence-corrected chi connectivity index (χ2v) is 4.74. The summed E-state index contributed by atoms with van der Waals surface area (Å²) < 4.78 is 0. The number of nitrogens with one attached hydrogen (secondary N) is 1. The van der Waals surface area contributed by atoms with Crippen molar-refractivity contribution in [3.8, 4) is 0 Å². The third kappa shape index (κ3) is 3.47. The zero-order valence-electron chi connectivity index (χ0n) is 11.1. The summed E-state index contributed by atoms with van der Waals surface area (Å²) in [5.41, 5.74) is 0.863. The highest BCUT2D eigenvalue weighted by Gasteiger charge is 2.16. The highest BCUT2D eigenvalue weighted by molar-refractivity contribution is 5.86. The Morgan fingerprint density at radius 3 is 2.63 bits per heavy atom. The van der Waals surface area contributed by atoms with Crippen molar-refractivity contribution in [2.24, 2.45) is 0 Å². The largest absolute Gasteiger partial charge is 0.480 e. The molecule has 0 aromatic heterocycles. The van der Waals surface area contributed by atoms with E-state index in [1.165, 1.54) is 0 Å². The van der Waals surface area contributed by atoms with Crippen LogP contribution in [0, 0.1) is 0 Å². The smallest absolute Gasteiger partial charge is 0.326 e. The van der Waals surface area contributed by atoms with Crippen LogP contribution in [0.2, 0.25) is 0 Å². The first-order valence-electron chi connectivity index (χ1n) is 6.69. The van der Waals surface area contributed by atoms with Crippen LogP contribution in [0.15, 0.2) is 42.5 Å². The molecule has 0 bridgehead atoms. The zero-order chi connectivity index (χ0) is 13.7. The molecule has 2 N–H and O–H groups in total. The lowest BCUT2D eigenvalue weighted by molar-refractivity contribution is -0.138. The minimum Gasteiger partial charge on any atom is -0.480 e. The molecule has 2 aromatic rings. The summed E-state index contributed by atoms with van der Waals surface area (Å²) >= 11 is 0. The fraction of sp³-hybridized carbons (Fsp3) is 0.312. The number of benzene rings is 2. The van der Waals surface area contributed by atoms with E-state index in [0.29, 0.717) is 6.42 Å². The van der Waals surface area contributed by atoms with Crippen LogP contribution in [-0.4, -0.2) is 17.1 Å². The molecule has 1 atom stereocenters. The second kappa shape index (κ2) is 6.23. The first kappa shape index (κ1) is 13.4. The number of carboxylic acids is 1. The number of carbonyl (C=O) groups is 1. The number of rotatable bonds is 6. The van der Waals surface area contributed by atoms with Crippen molar-refractivity contribution >= 4 is 22.4 Å². The van der Waals surface area contributed by atoms with Gasteiger partial charge in [0.05, 0.1) is 0 Å². The van der Waals surface area contributed by atoms with Crippen LogP contribution in [0.5, 0.6) is 0 Å². The molecule has 0 amide bonds. The van der Waals surface area contributed by atoms with Gasteiger partial charge in [-0.25, -0.2) is 4.79 Å². The molecule has 0 spiro atoms. The van der Waals surface area contributed by atoms with Gasteiger partial charge < -0.3 is 10.4 Å². The highest BCUT2D eigenvalue weighted by atomic mass is 16.4. The Labute approximate surface area is 113 Å². The number of unbranched alkanes of at least 4 members (excludes halogenated alkanes) is 1. The number of hydrogen-bond acceptors (Lipinski definition) is 2. The van der Waals surface area contributed by atoms with Crippen LogP contribution >= 0.6 is 0 Å². The molecule has 0 aliphatic rings. The second-order valence-electron chi connectivity index (χ2n) is 4.74. The van der Waals surface area contributed by atoms with Gasteiger partial charge in [-0.15, -0.1) is 0 Å². The van der Waals surface area contributed by atoms with Crippen molar-refractivity contribution in [3.63, 3.8) is 0 Å². The molecule has 0 heterocycles. The third-order valence-electron chi connectivity index (χ3n) is 3.23. The van der Waals surface area contributed by atoms with E-state index in [4.69, 9.17) is 0 Å². The van der Waals surface area contributed by atoms with Gasteiger partial charge in [0.25, 0.3) is 0 Å². The summed E-state index contributed by atoms with van der Waals surface area (Å²) in [6.07, 6.45) is 2.57. The summed E-state index contributed by atoms with van der Waals surface area (Å²) in [6, 6.07) is 13.5. The minimum absolute atomic E-state index is 0.513. The van der Waals surface area contributed by atoms with Crippen molar-refractivity contribution in [1.82, 2.24) is 0 Å². The van der Waals surface area contributed by atoms with Crippen molar-refractivity contribution in [1.29, 1.82) is 0 Å². The van der Waals surface area contributed by atoms with Gasteiger partial charge in [-0.1, -0.05) is 50.1 Å². The first-order chi connectivity index (χ1) is 9.20. The molecule has 1 unspecified atom stereocenters. The number of anilines is 1. The van der Waals surface area contributed by atoms with E-state index in [-0.39, 0.29) is 0 Å². The molecule has 3 nitrogen and oxygen atoms in total. The molecule has 0 radical (unpaired) electrons. The van der Waals surface area contributed by atoms with E-state index in [2.05, 4.69) is 12.2 Å². The Balaban J connectivity index is 2.16.